The highest BCUT2D eigenvalue weighted by Gasteiger charge is 2.46. The van der Waals surface area contributed by atoms with Crippen molar-refractivity contribution in [3.05, 3.63) is 71.3 Å². The van der Waals surface area contributed by atoms with Gasteiger partial charge in [-0.3, -0.25) is 14.5 Å². The molecule has 2 heterocycles. The third-order valence-electron chi connectivity index (χ3n) is 5.78. The number of ether oxygens (including phenoxy) is 2. The average Bonchev–Trinajstić information content (AvgIpc) is 3.08. The normalized spacial score (nSPS) is 21.5. The van der Waals surface area contributed by atoms with Gasteiger partial charge in [-0.2, -0.15) is 0 Å². The number of amides is 1. The Bertz CT molecular complexity index is 965. The first kappa shape index (κ1) is 21.1. The van der Waals surface area contributed by atoms with E-state index in [1.165, 1.54) is 0 Å². The van der Waals surface area contributed by atoms with Gasteiger partial charge in [0.1, 0.15) is 11.5 Å². The van der Waals surface area contributed by atoms with E-state index in [0.717, 1.165) is 18.7 Å². The van der Waals surface area contributed by atoms with Gasteiger partial charge in [0.2, 0.25) is 0 Å². The molecule has 0 radical (unpaired) electrons. The predicted octanol–water partition coefficient (Wildman–Crippen LogP) is 2.45. The van der Waals surface area contributed by atoms with Gasteiger partial charge in [0.25, 0.3) is 11.7 Å². The second kappa shape index (κ2) is 9.32. The van der Waals surface area contributed by atoms with E-state index in [9.17, 15) is 14.7 Å². The summed E-state index contributed by atoms with van der Waals surface area (Å²) in [5.74, 6) is -0.735. The SMILES string of the molecule is COc1ccc([C@H]2C(=C(O)c3ccccc3)C(=O)C(=O)N2CCN2CCOCC2)cc1. The lowest BCUT2D eigenvalue weighted by Crippen LogP contribution is -2.42. The number of hydrogen-bond donors (Lipinski definition) is 1. The third kappa shape index (κ3) is 4.33. The molecular weight excluding hydrogens is 396 g/mol. The van der Waals surface area contributed by atoms with Crippen LogP contribution in [0.2, 0.25) is 0 Å². The van der Waals surface area contributed by atoms with Crippen molar-refractivity contribution in [2.45, 2.75) is 6.04 Å². The van der Waals surface area contributed by atoms with Crippen LogP contribution in [0.3, 0.4) is 0 Å². The van der Waals surface area contributed by atoms with Crippen LogP contribution in [0, 0.1) is 0 Å². The molecule has 0 aliphatic carbocycles. The van der Waals surface area contributed by atoms with Crippen LogP contribution < -0.4 is 4.74 Å². The molecule has 1 amide bonds. The Kier molecular flexibility index (Phi) is 6.34. The summed E-state index contributed by atoms with van der Waals surface area (Å²) in [4.78, 5) is 29.8. The summed E-state index contributed by atoms with van der Waals surface area (Å²) in [5, 5.41) is 11.0. The fourth-order valence-corrected chi connectivity index (χ4v) is 4.07. The Morgan fingerprint density at radius 1 is 1.03 bits per heavy atom. The zero-order chi connectivity index (χ0) is 21.8. The standard InChI is InChI=1S/C24H26N2O5/c1-30-19-9-7-17(8-10-19)21-20(22(27)18-5-3-2-4-6-18)23(28)24(29)26(21)12-11-25-13-15-31-16-14-25/h2-10,21,27H,11-16H2,1H3/t21-/m0/s1. The summed E-state index contributed by atoms with van der Waals surface area (Å²) in [6.07, 6.45) is 0. The Balaban J connectivity index is 1.72. The smallest absolute Gasteiger partial charge is 0.295 e. The Hall–Kier alpha value is -3.16. The average molecular weight is 422 g/mol. The number of likely N-dealkylation sites (tertiary alicyclic amines) is 1. The molecule has 0 saturated carbocycles. The van der Waals surface area contributed by atoms with E-state index in [4.69, 9.17) is 9.47 Å². The lowest BCUT2D eigenvalue weighted by Gasteiger charge is -2.31. The fraction of sp³-hybridized carbons (Fsp3) is 0.333. The van der Waals surface area contributed by atoms with Gasteiger partial charge in [-0.25, -0.2) is 0 Å². The first-order valence-corrected chi connectivity index (χ1v) is 10.4. The van der Waals surface area contributed by atoms with Crippen LogP contribution in [0.5, 0.6) is 5.75 Å². The van der Waals surface area contributed by atoms with Crippen LogP contribution in [0.15, 0.2) is 60.2 Å². The number of Topliss-reactive ketones (excluding diaryl/α,β-unsaturated/α-hetero) is 1. The van der Waals surface area contributed by atoms with Crippen LogP contribution in [0.4, 0.5) is 0 Å². The van der Waals surface area contributed by atoms with Crippen molar-refractivity contribution < 1.29 is 24.2 Å². The highest BCUT2D eigenvalue weighted by Crippen LogP contribution is 2.39. The molecule has 2 fully saturated rings. The van der Waals surface area contributed by atoms with Gasteiger partial charge in [-0.05, 0) is 17.7 Å². The summed E-state index contributed by atoms with van der Waals surface area (Å²) in [6, 6.07) is 15.4. The molecule has 2 aliphatic heterocycles. The number of morpholine rings is 1. The van der Waals surface area contributed by atoms with Gasteiger partial charge in [0, 0.05) is 31.7 Å². The number of benzene rings is 2. The number of methoxy groups -OCH3 is 1. The second-order valence-corrected chi connectivity index (χ2v) is 7.59. The summed E-state index contributed by atoms with van der Waals surface area (Å²) >= 11 is 0. The van der Waals surface area contributed by atoms with Crippen LogP contribution in [-0.4, -0.2) is 73.1 Å². The van der Waals surface area contributed by atoms with Crippen LogP contribution >= 0.6 is 0 Å². The van der Waals surface area contributed by atoms with Crippen LogP contribution in [0.1, 0.15) is 17.2 Å². The molecule has 0 bridgehead atoms. The molecule has 7 nitrogen and oxygen atoms in total. The Morgan fingerprint density at radius 2 is 1.71 bits per heavy atom. The number of hydrogen-bond acceptors (Lipinski definition) is 6. The van der Waals surface area contributed by atoms with Crippen molar-refractivity contribution in [1.82, 2.24) is 9.80 Å². The van der Waals surface area contributed by atoms with Crippen LogP contribution in [0.25, 0.3) is 5.76 Å². The number of aliphatic hydroxyl groups excluding tert-OH is 1. The maximum Gasteiger partial charge on any atom is 0.295 e. The van der Waals surface area contributed by atoms with Gasteiger partial charge < -0.3 is 19.5 Å². The van der Waals surface area contributed by atoms with Crippen molar-refractivity contribution in [2.75, 3.05) is 46.5 Å². The summed E-state index contributed by atoms with van der Waals surface area (Å²) in [7, 11) is 1.58. The molecule has 0 aromatic heterocycles. The maximum absolute atomic E-state index is 13.0. The Morgan fingerprint density at radius 3 is 2.35 bits per heavy atom. The molecule has 1 atom stereocenters. The number of aliphatic hydroxyl groups is 1. The molecule has 7 heteroatoms. The molecule has 0 unspecified atom stereocenters. The lowest BCUT2D eigenvalue weighted by molar-refractivity contribution is -0.140. The fourth-order valence-electron chi connectivity index (χ4n) is 4.07. The summed E-state index contributed by atoms with van der Waals surface area (Å²) < 4.78 is 10.6. The Labute approximate surface area is 181 Å². The molecule has 2 saturated heterocycles. The zero-order valence-corrected chi connectivity index (χ0v) is 17.5. The molecule has 0 spiro atoms. The van der Waals surface area contributed by atoms with Crippen molar-refractivity contribution in [3.8, 4) is 5.75 Å². The lowest BCUT2D eigenvalue weighted by atomic mass is 9.95. The quantitative estimate of drug-likeness (QED) is 0.438. The number of rotatable bonds is 6. The third-order valence-corrected chi connectivity index (χ3v) is 5.78. The highest BCUT2D eigenvalue weighted by molar-refractivity contribution is 6.46. The number of nitrogens with zero attached hydrogens (tertiary/aromatic N) is 2. The van der Waals surface area contributed by atoms with Crippen molar-refractivity contribution in [2.24, 2.45) is 0 Å². The van der Waals surface area contributed by atoms with Crippen molar-refractivity contribution >= 4 is 17.4 Å². The molecule has 2 aromatic carbocycles. The van der Waals surface area contributed by atoms with Gasteiger partial charge in [0.05, 0.1) is 31.9 Å². The van der Waals surface area contributed by atoms with Gasteiger partial charge >= 0.3 is 0 Å². The molecule has 2 aliphatic rings. The molecule has 31 heavy (non-hydrogen) atoms. The summed E-state index contributed by atoms with van der Waals surface area (Å²) in [5.41, 5.74) is 1.37. The number of ketones is 1. The molecule has 2 aromatic rings. The molecule has 162 valence electrons. The summed E-state index contributed by atoms with van der Waals surface area (Å²) in [6.45, 7) is 3.92. The minimum absolute atomic E-state index is 0.114. The molecule has 4 rings (SSSR count). The minimum Gasteiger partial charge on any atom is -0.507 e. The van der Waals surface area contributed by atoms with Gasteiger partial charge in [-0.15, -0.1) is 0 Å². The maximum atomic E-state index is 13.0. The van der Waals surface area contributed by atoms with E-state index in [0.29, 0.717) is 37.6 Å². The van der Waals surface area contributed by atoms with E-state index in [1.807, 2.05) is 18.2 Å². The van der Waals surface area contributed by atoms with E-state index in [-0.39, 0.29) is 11.3 Å². The number of carbonyl (C=O) groups excluding carboxylic acids is 2. The largest absolute Gasteiger partial charge is 0.507 e. The first-order valence-electron chi connectivity index (χ1n) is 10.4. The van der Waals surface area contributed by atoms with Crippen molar-refractivity contribution in [1.29, 1.82) is 0 Å². The minimum atomic E-state index is -0.663. The first-order chi connectivity index (χ1) is 15.1. The van der Waals surface area contributed by atoms with Crippen LogP contribution in [-0.2, 0) is 14.3 Å². The van der Waals surface area contributed by atoms with E-state index >= 15 is 0 Å². The van der Waals surface area contributed by atoms with E-state index < -0.39 is 17.7 Å². The topological polar surface area (TPSA) is 79.3 Å². The molecule has 1 N–H and O–H groups in total. The molecular formula is C24H26N2O5. The van der Waals surface area contributed by atoms with Gasteiger partial charge in [-0.1, -0.05) is 42.5 Å². The van der Waals surface area contributed by atoms with Gasteiger partial charge in [0.15, 0.2) is 0 Å². The monoisotopic (exact) mass is 422 g/mol. The zero-order valence-electron chi connectivity index (χ0n) is 17.5. The predicted molar refractivity (Wildman–Crippen MR) is 116 cm³/mol. The number of carbonyl (C=O) groups is 2. The van der Waals surface area contributed by atoms with E-state index in [1.54, 1.807) is 48.4 Å². The highest BCUT2D eigenvalue weighted by atomic mass is 16.5. The second-order valence-electron chi connectivity index (χ2n) is 7.59. The van der Waals surface area contributed by atoms with Crippen molar-refractivity contribution in [3.63, 3.8) is 0 Å². The van der Waals surface area contributed by atoms with E-state index in [2.05, 4.69) is 4.90 Å².